The van der Waals surface area contributed by atoms with Crippen LogP contribution in [0.2, 0.25) is 0 Å². The van der Waals surface area contributed by atoms with Crippen molar-refractivity contribution in [1.29, 1.82) is 0 Å². The normalized spacial score (nSPS) is 19.0. The third-order valence-electron chi connectivity index (χ3n) is 3.43. The molecule has 1 fully saturated rings. The third kappa shape index (κ3) is 3.50. The number of ether oxygens (including phenoxy) is 2. The number of hydrogen-bond donors (Lipinski definition) is 1. The lowest BCUT2D eigenvalue weighted by Gasteiger charge is -2.09. The average molecular weight is 320 g/mol. The molecular weight excluding hydrogens is 304 g/mol. The molecule has 0 atom stereocenters. The van der Waals surface area contributed by atoms with Crippen LogP contribution in [-0.4, -0.2) is 36.3 Å². The van der Waals surface area contributed by atoms with E-state index < -0.39 is 6.29 Å². The van der Waals surface area contributed by atoms with Gasteiger partial charge in [0.2, 0.25) is 6.29 Å². The van der Waals surface area contributed by atoms with Gasteiger partial charge in [0.05, 0.1) is 19.4 Å². The van der Waals surface area contributed by atoms with E-state index in [1.165, 1.54) is 11.3 Å². The average Bonchev–Trinajstić information content (AvgIpc) is 2.98. The number of amides is 1. The van der Waals surface area contributed by atoms with E-state index in [1.807, 2.05) is 0 Å². The summed E-state index contributed by atoms with van der Waals surface area (Å²) in [7, 11) is 0. The Bertz CT molecular complexity index is 610. The molecule has 0 radical (unpaired) electrons. The Labute approximate surface area is 132 Å². The number of carbonyl (C=O) groups excluding carboxylic acids is 1. The Hall–Kier alpha value is -1.82. The molecule has 0 saturated carbocycles. The second-order valence-electron chi connectivity index (χ2n) is 5.03. The Balaban J connectivity index is 1.45. The molecular formula is C14H16N4O3S. The smallest absolute Gasteiger partial charge is 0.263 e. The minimum atomic E-state index is -0.442. The van der Waals surface area contributed by atoms with Crippen LogP contribution >= 0.6 is 11.3 Å². The predicted molar refractivity (Wildman–Crippen MR) is 79.4 cm³/mol. The number of rotatable bonds is 7. The monoisotopic (exact) mass is 320 g/mol. The zero-order valence-electron chi connectivity index (χ0n) is 11.9. The van der Waals surface area contributed by atoms with Gasteiger partial charge in [-0.2, -0.15) is 10.2 Å². The zero-order chi connectivity index (χ0) is 15.4. The number of thiazole rings is 1. The fraction of sp³-hybridized carbons (Fsp3) is 0.571. The molecule has 2 aliphatic heterocycles. The second-order valence-corrected chi connectivity index (χ2v) is 6.09. The van der Waals surface area contributed by atoms with Gasteiger partial charge in [-0.1, -0.05) is 0 Å². The summed E-state index contributed by atoms with van der Waals surface area (Å²) in [5.74, 6) is 2.42. The van der Waals surface area contributed by atoms with Crippen LogP contribution < -0.4 is 5.32 Å². The second kappa shape index (κ2) is 6.52. The van der Waals surface area contributed by atoms with Crippen LogP contribution in [-0.2, 0) is 9.47 Å². The van der Waals surface area contributed by atoms with Crippen molar-refractivity contribution >= 4 is 17.2 Å². The van der Waals surface area contributed by atoms with Crippen LogP contribution in [0, 0.1) is 12.3 Å². The summed E-state index contributed by atoms with van der Waals surface area (Å²) >= 11 is 1.28. The minimum Gasteiger partial charge on any atom is -0.351 e. The van der Waals surface area contributed by atoms with Crippen molar-refractivity contribution in [3.05, 3.63) is 16.1 Å². The highest BCUT2D eigenvalue weighted by molar-refractivity contribution is 7.13. The van der Waals surface area contributed by atoms with Gasteiger partial charge in [0.1, 0.15) is 9.88 Å². The predicted octanol–water partition coefficient (Wildman–Crippen LogP) is 1.88. The van der Waals surface area contributed by atoms with Crippen LogP contribution in [0.25, 0.3) is 0 Å². The number of aromatic nitrogens is 1. The van der Waals surface area contributed by atoms with Crippen molar-refractivity contribution in [1.82, 2.24) is 10.3 Å². The van der Waals surface area contributed by atoms with Gasteiger partial charge >= 0.3 is 0 Å². The number of hydrogen-bond acceptors (Lipinski definition) is 7. The van der Waals surface area contributed by atoms with Gasteiger partial charge in [-0.15, -0.1) is 23.7 Å². The van der Waals surface area contributed by atoms with E-state index in [0.717, 1.165) is 6.42 Å². The SMILES string of the molecule is C#CCCC1(CCNC(=O)c2cnc(C3OCCO3)s2)N=N1. The lowest BCUT2D eigenvalue weighted by Crippen LogP contribution is -2.27. The van der Waals surface area contributed by atoms with Crippen molar-refractivity contribution < 1.29 is 14.3 Å². The van der Waals surface area contributed by atoms with Gasteiger partial charge in [0, 0.05) is 25.8 Å². The van der Waals surface area contributed by atoms with E-state index >= 15 is 0 Å². The molecule has 1 aromatic rings. The van der Waals surface area contributed by atoms with Crippen LogP contribution in [0.5, 0.6) is 0 Å². The quantitative estimate of drug-likeness (QED) is 0.777. The highest BCUT2D eigenvalue weighted by Crippen LogP contribution is 2.36. The van der Waals surface area contributed by atoms with E-state index in [0.29, 0.717) is 42.5 Å². The van der Waals surface area contributed by atoms with Gasteiger partial charge < -0.3 is 14.8 Å². The summed E-state index contributed by atoms with van der Waals surface area (Å²) in [6.45, 7) is 1.61. The maximum Gasteiger partial charge on any atom is 0.263 e. The van der Waals surface area contributed by atoms with Crippen molar-refractivity contribution in [3.63, 3.8) is 0 Å². The number of nitrogens with one attached hydrogen (secondary N) is 1. The maximum absolute atomic E-state index is 12.1. The molecule has 0 bridgehead atoms. The molecule has 7 nitrogen and oxygen atoms in total. The topological polar surface area (TPSA) is 85.2 Å². The zero-order valence-corrected chi connectivity index (χ0v) is 12.8. The largest absolute Gasteiger partial charge is 0.351 e. The third-order valence-corrected chi connectivity index (χ3v) is 4.45. The Morgan fingerprint density at radius 2 is 2.23 bits per heavy atom. The molecule has 2 aliphatic rings. The summed E-state index contributed by atoms with van der Waals surface area (Å²) in [4.78, 5) is 16.8. The lowest BCUT2D eigenvalue weighted by atomic mass is 10.0. The summed E-state index contributed by atoms with van der Waals surface area (Å²) in [6, 6.07) is 0. The van der Waals surface area contributed by atoms with Gasteiger partial charge in [-0.05, 0) is 0 Å². The summed E-state index contributed by atoms with van der Waals surface area (Å²) in [6.07, 6.45) is 8.38. The van der Waals surface area contributed by atoms with E-state index in [2.05, 4.69) is 26.4 Å². The van der Waals surface area contributed by atoms with Crippen LogP contribution in [0.4, 0.5) is 0 Å². The van der Waals surface area contributed by atoms with Gasteiger partial charge in [0.25, 0.3) is 5.91 Å². The highest BCUT2D eigenvalue weighted by Gasteiger charge is 2.38. The number of terminal acetylenes is 1. The molecule has 0 aliphatic carbocycles. The molecule has 1 aromatic heterocycles. The van der Waals surface area contributed by atoms with Crippen LogP contribution in [0.15, 0.2) is 16.4 Å². The van der Waals surface area contributed by atoms with E-state index in [4.69, 9.17) is 15.9 Å². The summed E-state index contributed by atoms with van der Waals surface area (Å²) in [5, 5.41) is 11.6. The highest BCUT2D eigenvalue weighted by atomic mass is 32.1. The Morgan fingerprint density at radius 1 is 1.45 bits per heavy atom. The van der Waals surface area contributed by atoms with Gasteiger partial charge in [-0.3, -0.25) is 4.79 Å². The molecule has 1 amide bonds. The number of carbonyl (C=O) groups is 1. The van der Waals surface area contributed by atoms with Crippen molar-refractivity contribution in [2.24, 2.45) is 10.2 Å². The summed E-state index contributed by atoms with van der Waals surface area (Å²) < 4.78 is 10.7. The first-order chi connectivity index (χ1) is 10.7. The van der Waals surface area contributed by atoms with E-state index in [1.54, 1.807) is 6.20 Å². The summed E-state index contributed by atoms with van der Waals surface area (Å²) in [5.41, 5.74) is -0.371. The standard InChI is InChI=1S/C14H16N4O3S/c1-2-3-4-14(17-18-14)5-6-15-11(19)10-9-16-12(22-10)13-20-7-8-21-13/h1,9,13H,3-8H2,(H,15,19). The van der Waals surface area contributed by atoms with Crippen molar-refractivity contribution in [3.8, 4) is 12.3 Å². The van der Waals surface area contributed by atoms with Crippen LogP contribution in [0.1, 0.15) is 40.2 Å². The molecule has 0 aromatic carbocycles. The fourth-order valence-corrected chi connectivity index (χ4v) is 2.97. The van der Waals surface area contributed by atoms with Gasteiger partial charge in [0.15, 0.2) is 5.66 Å². The van der Waals surface area contributed by atoms with Crippen molar-refractivity contribution in [2.75, 3.05) is 19.8 Å². The molecule has 1 N–H and O–H groups in total. The Kier molecular flexibility index (Phi) is 4.47. The first-order valence-electron chi connectivity index (χ1n) is 7.07. The minimum absolute atomic E-state index is 0.158. The molecule has 22 heavy (non-hydrogen) atoms. The van der Waals surface area contributed by atoms with Gasteiger partial charge in [-0.25, -0.2) is 4.98 Å². The Morgan fingerprint density at radius 3 is 2.91 bits per heavy atom. The number of nitrogens with zero attached hydrogens (tertiary/aromatic N) is 3. The van der Waals surface area contributed by atoms with Crippen molar-refractivity contribution in [2.45, 2.75) is 31.2 Å². The molecule has 8 heteroatoms. The first kappa shape index (κ1) is 15.1. The van der Waals surface area contributed by atoms with Crippen LogP contribution in [0.3, 0.4) is 0 Å². The maximum atomic E-state index is 12.1. The molecule has 0 spiro atoms. The molecule has 0 unspecified atom stereocenters. The molecule has 1 saturated heterocycles. The molecule has 116 valence electrons. The molecule has 3 rings (SSSR count). The first-order valence-corrected chi connectivity index (χ1v) is 7.89. The lowest BCUT2D eigenvalue weighted by molar-refractivity contribution is -0.0442. The van der Waals surface area contributed by atoms with E-state index in [-0.39, 0.29) is 11.6 Å². The fourth-order valence-electron chi connectivity index (χ4n) is 2.13. The molecule has 3 heterocycles. The van der Waals surface area contributed by atoms with E-state index in [9.17, 15) is 4.79 Å².